The van der Waals surface area contributed by atoms with E-state index < -0.39 is 0 Å². The first-order chi connectivity index (χ1) is 4.04. The Morgan fingerprint density at radius 3 is 2.00 bits per heavy atom. The molecule has 0 saturated heterocycles. The van der Waals surface area contributed by atoms with Crippen molar-refractivity contribution in [1.29, 1.82) is 0 Å². The van der Waals surface area contributed by atoms with Gasteiger partial charge in [0.05, 0.1) is 0 Å². The van der Waals surface area contributed by atoms with Gasteiger partial charge < -0.3 is 5.73 Å². The summed E-state index contributed by atoms with van der Waals surface area (Å²) in [5.74, 6) is 1.38. The molecule has 0 spiro atoms. The molecule has 0 saturated carbocycles. The summed E-state index contributed by atoms with van der Waals surface area (Å²) in [4.78, 5) is 0. The Kier molecular flexibility index (Phi) is 3.36. The molecule has 0 aromatic carbocycles. The lowest BCUT2D eigenvalue weighted by Gasteiger charge is -2.14. The summed E-state index contributed by atoms with van der Waals surface area (Å²) in [7, 11) is 0. The van der Waals surface area contributed by atoms with Crippen molar-refractivity contribution in [2.45, 2.75) is 27.2 Å². The van der Waals surface area contributed by atoms with Gasteiger partial charge in [-0.2, -0.15) is 0 Å². The molecular weight excluding hydrogens is 110 g/mol. The summed E-state index contributed by atoms with van der Waals surface area (Å²) in [6, 6.07) is 0. The molecule has 0 radical (unpaired) electrons. The van der Waals surface area contributed by atoms with Crippen molar-refractivity contribution in [3.05, 3.63) is 12.3 Å². The fourth-order valence-corrected chi connectivity index (χ4v) is 0.649. The molecule has 0 heterocycles. The number of rotatable bonds is 3. The van der Waals surface area contributed by atoms with Crippen LogP contribution in [0.4, 0.5) is 0 Å². The minimum atomic E-state index is 0.669. The molecule has 2 N–H and O–H groups in total. The summed E-state index contributed by atoms with van der Waals surface area (Å²) in [5, 5.41) is 0. The Bertz CT molecular complexity index is 94.7. The molecule has 0 bridgehead atoms. The van der Waals surface area contributed by atoms with Crippen LogP contribution in [0.2, 0.25) is 0 Å². The standard InChI is InChI=1S/C8H17N/c1-6(2)7(3)5-8(4)9/h6-7H,4-5,9H2,1-3H3. The first-order valence-electron chi connectivity index (χ1n) is 3.47. The van der Waals surface area contributed by atoms with E-state index in [4.69, 9.17) is 5.73 Å². The van der Waals surface area contributed by atoms with Gasteiger partial charge in [0.1, 0.15) is 0 Å². The minimum absolute atomic E-state index is 0.669. The third-order valence-electron chi connectivity index (χ3n) is 1.72. The van der Waals surface area contributed by atoms with E-state index >= 15 is 0 Å². The van der Waals surface area contributed by atoms with E-state index in [2.05, 4.69) is 27.4 Å². The predicted octanol–water partition coefficient (Wildman–Crippen LogP) is 2.14. The molecule has 0 amide bonds. The first kappa shape index (κ1) is 8.54. The molecule has 54 valence electrons. The number of hydrogen-bond acceptors (Lipinski definition) is 1. The van der Waals surface area contributed by atoms with Crippen LogP contribution < -0.4 is 5.73 Å². The summed E-state index contributed by atoms with van der Waals surface area (Å²) >= 11 is 0. The molecule has 0 aliphatic heterocycles. The van der Waals surface area contributed by atoms with Crippen LogP contribution in [0.25, 0.3) is 0 Å². The second-order valence-corrected chi connectivity index (χ2v) is 3.08. The van der Waals surface area contributed by atoms with Crippen LogP contribution in [0.5, 0.6) is 0 Å². The number of nitrogens with two attached hydrogens (primary N) is 1. The van der Waals surface area contributed by atoms with Gasteiger partial charge in [0.15, 0.2) is 0 Å². The smallest absolute Gasteiger partial charge is 0.00102 e. The van der Waals surface area contributed by atoms with Gasteiger partial charge in [-0.3, -0.25) is 0 Å². The first-order valence-corrected chi connectivity index (χ1v) is 3.47. The molecule has 1 nitrogen and oxygen atoms in total. The lowest BCUT2D eigenvalue weighted by atomic mass is 9.94. The Morgan fingerprint density at radius 2 is 1.89 bits per heavy atom. The summed E-state index contributed by atoms with van der Waals surface area (Å²) in [6.07, 6.45) is 0.956. The maximum Gasteiger partial charge on any atom is 0.00102 e. The zero-order chi connectivity index (χ0) is 7.44. The third-order valence-corrected chi connectivity index (χ3v) is 1.72. The van der Waals surface area contributed by atoms with Crippen molar-refractivity contribution in [3.63, 3.8) is 0 Å². The van der Waals surface area contributed by atoms with Crippen LogP contribution in [0, 0.1) is 11.8 Å². The zero-order valence-corrected chi connectivity index (χ0v) is 6.65. The second kappa shape index (κ2) is 3.54. The summed E-state index contributed by atoms with van der Waals surface area (Å²) in [6.45, 7) is 10.3. The highest BCUT2D eigenvalue weighted by Crippen LogP contribution is 2.15. The highest BCUT2D eigenvalue weighted by atomic mass is 14.6. The maximum atomic E-state index is 5.44. The monoisotopic (exact) mass is 127 g/mol. The Balaban J connectivity index is 3.50. The van der Waals surface area contributed by atoms with E-state index in [1.165, 1.54) is 0 Å². The fraction of sp³-hybridized carbons (Fsp3) is 0.750. The number of allylic oxidation sites excluding steroid dienone is 1. The molecule has 0 aliphatic rings. The topological polar surface area (TPSA) is 26.0 Å². The van der Waals surface area contributed by atoms with Gasteiger partial charge in [0.2, 0.25) is 0 Å². The van der Waals surface area contributed by atoms with Gasteiger partial charge in [0, 0.05) is 5.70 Å². The SMILES string of the molecule is C=C(N)CC(C)C(C)C. The molecule has 0 fully saturated rings. The van der Waals surface area contributed by atoms with E-state index in [0.29, 0.717) is 11.8 Å². The fourth-order valence-electron chi connectivity index (χ4n) is 0.649. The molecule has 1 atom stereocenters. The molecule has 9 heavy (non-hydrogen) atoms. The summed E-state index contributed by atoms with van der Waals surface area (Å²) < 4.78 is 0. The van der Waals surface area contributed by atoms with E-state index in [1.807, 2.05) is 0 Å². The lowest BCUT2D eigenvalue weighted by Crippen LogP contribution is -2.08. The average Bonchev–Trinajstić information content (AvgIpc) is 1.63. The van der Waals surface area contributed by atoms with E-state index in [0.717, 1.165) is 12.1 Å². The van der Waals surface area contributed by atoms with Crippen LogP contribution in [-0.2, 0) is 0 Å². The Morgan fingerprint density at radius 1 is 1.44 bits per heavy atom. The second-order valence-electron chi connectivity index (χ2n) is 3.08. The normalized spacial score (nSPS) is 13.8. The van der Waals surface area contributed by atoms with Crippen LogP contribution >= 0.6 is 0 Å². The molecule has 0 aromatic rings. The summed E-state index contributed by atoms with van der Waals surface area (Å²) in [5.41, 5.74) is 6.24. The van der Waals surface area contributed by atoms with Crippen LogP contribution in [0.15, 0.2) is 12.3 Å². The molecule has 0 rings (SSSR count). The largest absolute Gasteiger partial charge is 0.403 e. The van der Waals surface area contributed by atoms with Crippen molar-refractivity contribution >= 4 is 0 Å². The van der Waals surface area contributed by atoms with Gasteiger partial charge >= 0.3 is 0 Å². The van der Waals surface area contributed by atoms with Gasteiger partial charge in [-0.1, -0.05) is 27.4 Å². The van der Waals surface area contributed by atoms with Crippen molar-refractivity contribution < 1.29 is 0 Å². The van der Waals surface area contributed by atoms with Gasteiger partial charge in [0.25, 0.3) is 0 Å². The van der Waals surface area contributed by atoms with Crippen molar-refractivity contribution in [1.82, 2.24) is 0 Å². The third kappa shape index (κ3) is 4.07. The quantitative estimate of drug-likeness (QED) is 0.617. The molecular formula is C8H17N. The van der Waals surface area contributed by atoms with Crippen molar-refractivity contribution in [3.8, 4) is 0 Å². The molecule has 0 aliphatic carbocycles. The predicted molar refractivity (Wildman–Crippen MR) is 41.9 cm³/mol. The molecule has 1 heteroatoms. The minimum Gasteiger partial charge on any atom is -0.403 e. The van der Waals surface area contributed by atoms with Crippen LogP contribution in [0.1, 0.15) is 27.2 Å². The Hall–Kier alpha value is -0.460. The highest BCUT2D eigenvalue weighted by Gasteiger charge is 2.05. The van der Waals surface area contributed by atoms with E-state index in [-0.39, 0.29) is 0 Å². The van der Waals surface area contributed by atoms with E-state index in [1.54, 1.807) is 0 Å². The van der Waals surface area contributed by atoms with Gasteiger partial charge in [-0.25, -0.2) is 0 Å². The highest BCUT2D eigenvalue weighted by molar-refractivity contribution is 4.87. The zero-order valence-electron chi connectivity index (χ0n) is 6.65. The molecule has 0 aromatic heterocycles. The molecule has 1 unspecified atom stereocenters. The van der Waals surface area contributed by atoms with Gasteiger partial charge in [-0.15, -0.1) is 0 Å². The number of hydrogen-bond donors (Lipinski definition) is 1. The lowest BCUT2D eigenvalue weighted by molar-refractivity contribution is 0.415. The van der Waals surface area contributed by atoms with Crippen molar-refractivity contribution in [2.75, 3.05) is 0 Å². The van der Waals surface area contributed by atoms with Crippen LogP contribution in [-0.4, -0.2) is 0 Å². The van der Waals surface area contributed by atoms with Crippen LogP contribution in [0.3, 0.4) is 0 Å². The van der Waals surface area contributed by atoms with Crippen molar-refractivity contribution in [2.24, 2.45) is 17.6 Å². The van der Waals surface area contributed by atoms with Gasteiger partial charge in [-0.05, 0) is 18.3 Å². The van der Waals surface area contributed by atoms with E-state index in [9.17, 15) is 0 Å². The Labute approximate surface area is 57.9 Å². The maximum absolute atomic E-state index is 5.44. The average molecular weight is 127 g/mol.